The predicted octanol–water partition coefficient (Wildman–Crippen LogP) is -0.362. The molecule has 2 aliphatic rings. The topological polar surface area (TPSA) is 61.4 Å². The maximum absolute atomic E-state index is 11.3. The molecule has 5 heteroatoms. The third-order valence-corrected chi connectivity index (χ3v) is 2.47. The number of hydrogen-bond acceptors (Lipinski definition) is 3. The lowest BCUT2D eigenvalue weighted by molar-refractivity contribution is -0.127. The molecule has 0 saturated carbocycles. The van der Waals surface area contributed by atoms with Crippen LogP contribution in [0.2, 0.25) is 0 Å². The number of piperidine rings is 1. The van der Waals surface area contributed by atoms with Gasteiger partial charge in [0.15, 0.2) is 0 Å². The Kier molecular flexibility index (Phi) is 2.18. The number of imide groups is 1. The fourth-order valence-corrected chi connectivity index (χ4v) is 1.80. The average Bonchev–Trinajstić information content (AvgIpc) is 2.48. The molecule has 72 valence electrons. The van der Waals surface area contributed by atoms with Gasteiger partial charge in [-0.25, -0.2) is 9.69 Å². The second kappa shape index (κ2) is 3.33. The maximum Gasteiger partial charge on any atom is 0.325 e. The Labute approximate surface area is 76.5 Å². The van der Waals surface area contributed by atoms with E-state index in [1.54, 1.807) is 0 Å². The van der Waals surface area contributed by atoms with E-state index < -0.39 is 0 Å². The van der Waals surface area contributed by atoms with Crippen molar-refractivity contribution in [1.82, 2.24) is 15.5 Å². The van der Waals surface area contributed by atoms with E-state index in [4.69, 9.17) is 0 Å². The summed E-state index contributed by atoms with van der Waals surface area (Å²) in [5.41, 5.74) is 0. The summed E-state index contributed by atoms with van der Waals surface area (Å²) in [4.78, 5) is 23.8. The molecule has 1 atom stereocenters. The zero-order valence-electron chi connectivity index (χ0n) is 7.38. The standard InChI is InChI=1S/C8H13N3O2/c12-7-5-10-8(13)11(7)6-3-1-2-4-9-6/h6,9H,1-5H2,(H,10,13). The first-order valence-corrected chi connectivity index (χ1v) is 4.62. The molecule has 0 aromatic carbocycles. The second-order valence-electron chi connectivity index (χ2n) is 3.39. The van der Waals surface area contributed by atoms with Crippen LogP contribution >= 0.6 is 0 Å². The Balaban J connectivity index is 2.05. The molecule has 2 heterocycles. The third kappa shape index (κ3) is 1.51. The summed E-state index contributed by atoms with van der Waals surface area (Å²) in [5.74, 6) is -0.121. The van der Waals surface area contributed by atoms with E-state index in [2.05, 4.69) is 10.6 Å². The van der Waals surface area contributed by atoms with Crippen molar-refractivity contribution in [2.75, 3.05) is 13.1 Å². The molecule has 0 aromatic heterocycles. The lowest BCUT2D eigenvalue weighted by Crippen LogP contribution is -2.51. The van der Waals surface area contributed by atoms with Crippen molar-refractivity contribution >= 4 is 11.9 Å². The van der Waals surface area contributed by atoms with Crippen molar-refractivity contribution in [1.29, 1.82) is 0 Å². The van der Waals surface area contributed by atoms with E-state index in [-0.39, 0.29) is 24.6 Å². The summed E-state index contributed by atoms with van der Waals surface area (Å²) in [6.45, 7) is 1.04. The quantitative estimate of drug-likeness (QED) is 0.546. The van der Waals surface area contributed by atoms with Crippen LogP contribution in [0.5, 0.6) is 0 Å². The van der Waals surface area contributed by atoms with Crippen LogP contribution in [0.1, 0.15) is 19.3 Å². The number of amides is 3. The van der Waals surface area contributed by atoms with E-state index in [0.717, 1.165) is 25.8 Å². The SMILES string of the molecule is O=C1CNC(=O)N1C1CCCCN1. The van der Waals surface area contributed by atoms with Gasteiger partial charge < -0.3 is 5.32 Å². The molecule has 2 rings (SSSR count). The number of rotatable bonds is 1. The number of nitrogens with zero attached hydrogens (tertiary/aromatic N) is 1. The van der Waals surface area contributed by atoms with Gasteiger partial charge >= 0.3 is 6.03 Å². The molecular weight excluding hydrogens is 170 g/mol. The van der Waals surface area contributed by atoms with Crippen LogP contribution in [0, 0.1) is 0 Å². The number of urea groups is 1. The Hall–Kier alpha value is -1.10. The molecule has 3 amide bonds. The van der Waals surface area contributed by atoms with Crippen LogP contribution in [0.15, 0.2) is 0 Å². The summed E-state index contributed by atoms with van der Waals surface area (Å²) in [5, 5.41) is 5.68. The lowest BCUT2D eigenvalue weighted by atomic mass is 10.1. The molecule has 2 saturated heterocycles. The molecule has 0 aliphatic carbocycles. The van der Waals surface area contributed by atoms with Crippen LogP contribution in [0.25, 0.3) is 0 Å². The van der Waals surface area contributed by atoms with Crippen LogP contribution in [-0.2, 0) is 4.79 Å². The van der Waals surface area contributed by atoms with Crippen LogP contribution < -0.4 is 10.6 Å². The highest BCUT2D eigenvalue weighted by atomic mass is 16.2. The highest BCUT2D eigenvalue weighted by Gasteiger charge is 2.35. The van der Waals surface area contributed by atoms with Crippen LogP contribution in [0.4, 0.5) is 4.79 Å². The van der Waals surface area contributed by atoms with Gasteiger partial charge in [0.05, 0.1) is 12.7 Å². The molecule has 0 spiro atoms. The zero-order chi connectivity index (χ0) is 9.26. The molecule has 13 heavy (non-hydrogen) atoms. The van der Waals surface area contributed by atoms with E-state index in [1.165, 1.54) is 4.90 Å². The molecule has 0 bridgehead atoms. The molecular formula is C8H13N3O2. The van der Waals surface area contributed by atoms with Crippen LogP contribution in [0.3, 0.4) is 0 Å². The van der Waals surface area contributed by atoms with Crippen molar-refractivity contribution in [2.24, 2.45) is 0 Å². The lowest BCUT2D eigenvalue weighted by Gasteiger charge is -2.29. The number of carbonyl (C=O) groups is 2. The molecule has 1 unspecified atom stereocenters. The fourth-order valence-electron chi connectivity index (χ4n) is 1.80. The maximum atomic E-state index is 11.3. The summed E-state index contributed by atoms with van der Waals surface area (Å²) in [6.07, 6.45) is 3.00. The minimum Gasteiger partial charge on any atom is -0.328 e. The summed E-state index contributed by atoms with van der Waals surface area (Å²) < 4.78 is 0. The normalized spacial score (nSPS) is 29.2. The molecule has 2 aliphatic heterocycles. The average molecular weight is 183 g/mol. The summed E-state index contributed by atoms with van der Waals surface area (Å²) in [6, 6.07) is -0.260. The minimum absolute atomic E-state index is 0.0799. The van der Waals surface area contributed by atoms with Gasteiger partial charge in [-0.1, -0.05) is 0 Å². The van der Waals surface area contributed by atoms with Gasteiger partial charge in [-0.05, 0) is 25.8 Å². The highest BCUT2D eigenvalue weighted by Crippen LogP contribution is 2.13. The van der Waals surface area contributed by atoms with Gasteiger partial charge in [0.1, 0.15) is 0 Å². The number of carbonyl (C=O) groups excluding carboxylic acids is 2. The molecule has 2 fully saturated rings. The van der Waals surface area contributed by atoms with Gasteiger partial charge in [0, 0.05) is 0 Å². The smallest absolute Gasteiger partial charge is 0.325 e. The van der Waals surface area contributed by atoms with Gasteiger partial charge in [-0.15, -0.1) is 0 Å². The van der Waals surface area contributed by atoms with Crippen molar-refractivity contribution in [2.45, 2.75) is 25.4 Å². The van der Waals surface area contributed by atoms with Crippen molar-refractivity contribution in [3.05, 3.63) is 0 Å². The molecule has 0 radical (unpaired) electrons. The van der Waals surface area contributed by atoms with E-state index in [1.807, 2.05) is 0 Å². The zero-order valence-corrected chi connectivity index (χ0v) is 7.38. The Morgan fingerprint density at radius 1 is 1.31 bits per heavy atom. The second-order valence-corrected chi connectivity index (χ2v) is 3.39. The third-order valence-electron chi connectivity index (χ3n) is 2.47. The first-order valence-electron chi connectivity index (χ1n) is 4.62. The van der Waals surface area contributed by atoms with E-state index >= 15 is 0 Å². The Bertz CT molecular complexity index is 220. The van der Waals surface area contributed by atoms with Crippen molar-refractivity contribution in [3.8, 4) is 0 Å². The first-order chi connectivity index (χ1) is 6.29. The van der Waals surface area contributed by atoms with Crippen molar-refractivity contribution in [3.63, 3.8) is 0 Å². The molecule has 0 aromatic rings. The van der Waals surface area contributed by atoms with E-state index in [9.17, 15) is 9.59 Å². The van der Waals surface area contributed by atoms with Gasteiger partial charge in [0.25, 0.3) is 5.91 Å². The predicted molar refractivity (Wildman–Crippen MR) is 45.9 cm³/mol. The van der Waals surface area contributed by atoms with Gasteiger partial charge in [-0.3, -0.25) is 10.1 Å². The summed E-state index contributed by atoms with van der Waals surface area (Å²) in [7, 11) is 0. The summed E-state index contributed by atoms with van der Waals surface area (Å²) >= 11 is 0. The number of nitrogens with one attached hydrogen (secondary N) is 2. The Morgan fingerprint density at radius 3 is 2.69 bits per heavy atom. The number of hydrogen-bond donors (Lipinski definition) is 2. The monoisotopic (exact) mass is 183 g/mol. The highest BCUT2D eigenvalue weighted by molar-refractivity contribution is 6.02. The van der Waals surface area contributed by atoms with E-state index in [0.29, 0.717) is 0 Å². The molecule has 2 N–H and O–H groups in total. The largest absolute Gasteiger partial charge is 0.328 e. The Morgan fingerprint density at radius 2 is 2.15 bits per heavy atom. The van der Waals surface area contributed by atoms with Crippen LogP contribution in [-0.4, -0.2) is 36.1 Å². The first kappa shape index (κ1) is 8.50. The fraction of sp³-hybridized carbons (Fsp3) is 0.750. The van der Waals surface area contributed by atoms with Gasteiger partial charge in [-0.2, -0.15) is 0 Å². The van der Waals surface area contributed by atoms with Gasteiger partial charge in [0.2, 0.25) is 0 Å². The minimum atomic E-state index is -0.260. The van der Waals surface area contributed by atoms with Crippen molar-refractivity contribution < 1.29 is 9.59 Å². The molecule has 5 nitrogen and oxygen atoms in total.